The van der Waals surface area contributed by atoms with E-state index in [4.69, 9.17) is 17.3 Å². The lowest BCUT2D eigenvalue weighted by molar-refractivity contribution is -0.351. The Balaban J connectivity index is 0. The van der Waals surface area contributed by atoms with Gasteiger partial charge in [0.1, 0.15) is 5.69 Å². The Morgan fingerprint density at radius 2 is 1.95 bits per heavy atom. The molecule has 0 aliphatic heterocycles. The van der Waals surface area contributed by atoms with Crippen LogP contribution in [0, 0.1) is 6.92 Å². The number of rotatable bonds is 3. The third-order valence-corrected chi connectivity index (χ3v) is 3.05. The van der Waals surface area contributed by atoms with Gasteiger partial charge < -0.3 is 29.3 Å². The van der Waals surface area contributed by atoms with Gasteiger partial charge in [-0.2, -0.15) is 0 Å². The van der Waals surface area contributed by atoms with Crippen molar-refractivity contribution in [2.45, 2.75) is 20.8 Å². The van der Waals surface area contributed by atoms with Gasteiger partial charge in [0.25, 0.3) is 0 Å². The molecule has 0 aliphatic carbocycles. The molecule has 0 spiro atoms. The summed E-state index contributed by atoms with van der Waals surface area (Å²) in [5, 5.41) is 4.45. The van der Waals surface area contributed by atoms with Crippen LogP contribution in [0.5, 0.6) is 0 Å². The van der Waals surface area contributed by atoms with E-state index in [2.05, 4.69) is 24.2 Å². The first kappa shape index (κ1) is 21.3. The summed E-state index contributed by atoms with van der Waals surface area (Å²) in [5.74, 6) is 0. The Morgan fingerprint density at radius 3 is 2.32 bits per heavy atom. The molecule has 110 valence electrons. The van der Waals surface area contributed by atoms with Crippen molar-refractivity contribution in [3.8, 4) is 0 Å². The fourth-order valence-electron chi connectivity index (χ4n) is 1.21. The molecule has 0 aromatic heterocycles. The molecule has 3 nitrogen and oxygen atoms in total. The van der Waals surface area contributed by atoms with Gasteiger partial charge in [0.15, 0.2) is 0 Å². The van der Waals surface area contributed by atoms with Crippen LogP contribution in [-0.4, -0.2) is 24.5 Å². The molecular formula is C13H23ClIN3S. The van der Waals surface area contributed by atoms with E-state index in [1.54, 1.807) is 0 Å². The number of benzene rings is 1. The maximum absolute atomic E-state index is 5.99. The lowest BCUT2D eigenvalue weighted by atomic mass is 10.2. The highest BCUT2D eigenvalue weighted by Gasteiger charge is 2.05. The zero-order valence-corrected chi connectivity index (χ0v) is 15.6. The van der Waals surface area contributed by atoms with Crippen LogP contribution < -0.4 is 40.0 Å². The Kier molecular flexibility index (Phi) is 14.6. The molecule has 19 heavy (non-hydrogen) atoms. The fraction of sp³-hybridized carbons (Fsp3) is 0.462. The first-order valence-corrected chi connectivity index (χ1v) is 7.56. The lowest BCUT2D eigenvalue weighted by Gasteiger charge is -1.99. The molecule has 0 saturated heterocycles. The zero-order chi connectivity index (χ0) is 14.0. The van der Waals surface area contributed by atoms with Crippen LogP contribution >= 0.6 is 23.4 Å². The smallest absolute Gasteiger partial charge is 0.306 e. The average Bonchev–Trinajstić information content (AvgIpc) is 2.35. The van der Waals surface area contributed by atoms with E-state index in [1.165, 1.54) is 11.8 Å². The highest BCUT2D eigenvalue weighted by atomic mass is 127. The molecule has 6 heteroatoms. The molecule has 0 saturated carbocycles. The molecule has 1 aromatic rings. The third-order valence-electron chi connectivity index (χ3n) is 2.19. The van der Waals surface area contributed by atoms with E-state index in [-0.39, 0.29) is 24.0 Å². The van der Waals surface area contributed by atoms with Crippen molar-refractivity contribution in [1.29, 1.82) is 0 Å². The lowest BCUT2D eigenvalue weighted by Crippen LogP contribution is -3.00. The van der Waals surface area contributed by atoms with Crippen molar-refractivity contribution in [2.75, 3.05) is 19.3 Å². The van der Waals surface area contributed by atoms with Crippen molar-refractivity contribution in [3.63, 3.8) is 0 Å². The molecule has 0 amide bonds. The number of para-hydroxylation sites is 1. The number of aryl methyl sites for hydroxylation is 1. The first-order valence-electron chi connectivity index (χ1n) is 5.96. The minimum Gasteiger partial charge on any atom is -1.00 e. The second-order valence-electron chi connectivity index (χ2n) is 3.58. The molecule has 0 bridgehead atoms. The van der Waals surface area contributed by atoms with E-state index < -0.39 is 0 Å². The van der Waals surface area contributed by atoms with Gasteiger partial charge in [-0.15, -0.1) is 0 Å². The molecule has 4 N–H and O–H groups in total. The van der Waals surface area contributed by atoms with Gasteiger partial charge >= 0.3 is 5.17 Å². The number of hydrogen-bond acceptors (Lipinski definition) is 2. The Labute approximate surface area is 142 Å². The molecular weight excluding hydrogens is 393 g/mol. The van der Waals surface area contributed by atoms with Crippen molar-refractivity contribution < 1.29 is 29.0 Å². The van der Waals surface area contributed by atoms with Gasteiger partial charge in [-0.25, -0.2) is 4.99 Å². The summed E-state index contributed by atoms with van der Waals surface area (Å²) in [6.07, 6.45) is 1.91. The summed E-state index contributed by atoms with van der Waals surface area (Å²) >= 11 is 7.45. The molecule has 0 atom stereocenters. The van der Waals surface area contributed by atoms with Gasteiger partial charge in [-0.3, -0.25) is 5.73 Å². The molecule has 0 fully saturated rings. The highest BCUT2D eigenvalue weighted by Crippen LogP contribution is 2.19. The van der Waals surface area contributed by atoms with Gasteiger partial charge in [-0.1, -0.05) is 37.6 Å². The molecule has 1 rings (SSSR count). The summed E-state index contributed by atoms with van der Waals surface area (Å²) in [6.45, 7) is 8.38. The minimum absolute atomic E-state index is 0. The normalized spacial score (nSPS) is 10.3. The SMILES string of the molecule is CCNCC.CSC(N)=[NH+]c1c(C)cccc1Cl.[I-]. The Hall–Kier alpha value is 0.0200. The summed E-state index contributed by atoms with van der Waals surface area (Å²) in [4.78, 5) is 3.05. The van der Waals surface area contributed by atoms with E-state index in [1.807, 2.05) is 31.4 Å². The quantitative estimate of drug-likeness (QED) is 0.325. The van der Waals surface area contributed by atoms with Crippen LogP contribution in [-0.2, 0) is 0 Å². The van der Waals surface area contributed by atoms with E-state index in [0.717, 1.165) is 24.3 Å². The molecule has 0 heterocycles. The summed E-state index contributed by atoms with van der Waals surface area (Å²) in [7, 11) is 0. The topological polar surface area (TPSA) is 52.0 Å². The number of amidine groups is 1. The Morgan fingerprint density at radius 1 is 1.37 bits per heavy atom. The summed E-state index contributed by atoms with van der Waals surface area (Å²) in [6, 6.07) is 5.74. The monoisotopic (exact) mass is 415 g/mol. The molecule has 0 unspecified atom stereocenters. The van der Waals surface area contributed by atoms with Crippen LogP contribution in [0.2, 0.25) is 5.02 Å². The van der Waals surface area contributed by atoms with E-state index >= 15 is 0 Å². The minimum atomic E-state index is 0. The van der Waals surface area contributed by atoms with E-state index in [9.17, 15) is 0 Å². The average molecular weight is 416 g/mol. The maximum atomic E-state index is 5.99. The van der Waals surface area contributed by atoms with Crippen LogP contribution in [0.1, 0.15) is 19.4 Å². The predicted molar refractivity (Wildman–Crippen MR) is 83.7 cm³/mol. The second kappa shape index (κ2) is 13.0. The van der Waals surface area contributed by atoms with Crippen molar-refractivity contribution in [1.82, 2.24) is 5.32 Å². The number of nitrogens with two attached hydrogens (primary N) is 1. The van der Waals surface area contributed by atoms with Crippen LogP contribution in [0.25, 0.3) is 0 Å². The van der Waals surface area contributed by atoms with E-state index in [0.29, 0.717) is 10.2 Å². The molecule has 0 aliphatic rings. The standard InChI is InChI=1S/C9H11ClN2S.C4H11N.HI/c1-6-4-3-5-7(10)8(6)12-9(11)13-2;1-3-5-4-2;/h3-5H,1-2H3,(H2,11,12);5H,3-4H2,1-2H3;1H. The summed E-state index contributed by atoms with van der Waals surface area (Å²) in [5.41, 5.74) is 7.63. The number of nitrogens with one attached hydrogen (secondary N) is 2. The second-order valence-corrected chi connectivity index (χ2v) is 4.84. The van der Waals surface area contributed by atoms with Crippen molar-refractivity contribution >= 4 is 34.2 Å². The van der Waals surface area contributed by atoms with Crippen molar-refractivity contribution in [3.05, 3.63) is 28.8 Å². The summed E-state index contributed by atoms with van der Waals surface area (Å²) < 4.78 is 0. The number of thioether (sulfide) groups is 1. The van der Waals surface area contributed by atoms with Crippen LogP contribution in [0.15, 0.2) is 18.2 Å². The fourth-order valence-corrected chi connectivity index (χ4v) is 1.69. The van der Waals surface area contributed by atoms with Gasteiger partial charge in [0.2, 0.25) is 0 Å². The number of halogens is 2. The van der Waals surface area contributed by atoms with Crippen molar-refractivity contribution in [2.24, 2.45) is 5.73 Å². The third kappa shape index (κ3) is 9.54. The van der Waals surface area contributed by atoms with Crippen LogP contribution in [0.4, 0.5) is 5.69 Å². The molecule has 0 radical (unpaired) electrons. The number of hydrogen-bond donors (Lipinski definition) is 3. The van der Waals surface area contributed by atoms with Gasteiger partial charge in [0, 0.05) is 0 Å². The van der Waals surface area contributed by atoms with Crippen LogP contribution in [0.3, 0.4) is 0 Å². The highest BCUT2D eigenvalue weighted by molar-refractivity contribution is 8.12. The predicted octanol–water partition coefficient (Wildman–Crippen LogP) is -1.34. The first-order chi connectivity index (χ1) is 8.56. The largest absolute Gasteiger partial charge is 1.00 e. The molecule has 1 aromatic carbocycles. The maximum Gasteiger partial charge on any atom is 0.306 e. The Bertz CT molecular complexity index is 364. The van der Waals surface area contributed by atoms with Gasteiger partial charge in [0.05, 0.1) is 5.02 Å². The van der Waals surface area contributed by atoms with Gasteiger partial charge in [-0.05, 0) is 49.7 Å². The zero-order valence-electron chi connectivity index (χ0n) is 11.9.